The highest BCUT2D eigenvalue weighted by atomic mass is 16.2. The third-order valence-corrected chi connectivity index (χ3v) is 3.18. The molecule has 4 heteroatoms. The van der Waals surface area contributed by atoms with Crippen LogP contribution >= 0.6 is 0 Å². The summed E-state index contributed by atoms with van der Waals surface area (Å²) < 4.78 is 0. The third kappa shape index (κ3) is 2.07. The molecule has 0 aromatic carbocycles. The monoisotopic (exact) mass is 197 g/mol. The second-order valence-corrected chi connectivity index (χ2v) is 4.29. The van der Waals surface area contributed by atoms with Gasteiger partial charge in [-0.3, -0.25) is 4.79 Å². The van der Waals surface area contributed by atoms with Crippen LogP contribution in [-0.4, -0.2) is 54.5 Å². The number of carbonyl (C=O) groups excluding carboxylic acids is 1. The zero-order chi connectivity index (χ0) is 9.97. The Morgan fingerprint density at radius 2 is 1.93 bits per heavy atom. The van der Waals surface area contributed by atoms with Crippen molar-refractivity contribution in [2.24, 2.45) is 5.73 Å². The minimum Gasteiger partial charge on any atom is -0.338 e. The summed E-state index contributed by atoms with van der Waals surface area (Å²) in [6.45, 7) is 5.06. The zero-order valence-electron chi connectivity index (χ0n) is 8.61. The number of nitrogens with zero attached hydrogens (tertiary/aromatic N) is 2. The fraction of sp³-hybridized carbons (Fsp3) is 0.900. The second-order valence-electron chi connectivity index (χ2n) is 4.29. The van der Waals surface area contributed by atoms with Crippen LogP contribution in [0.2, 0.25) is 0 Å². The van der Waals surface area contributed by atoms with Crippen molar-refractivity contribution in [3.8, 4) is 0 Å². The molecule has 2 fully saturated rings. The first-order chi connectivity index (χ1) is 6.77. The first-order valence-electron chi connectivity index (χ1n) is 5.54. The summed E-state index contributed by atoms with van der Waals surface area (Å²) in [6, 6.07) is -0.212. The van der Waals surface area contributed by atoms with E-state index in [-0.39, 0.29) is 11.9 Å². The molecule has 2 aliphatic rings. The van der Waals surface area contributed by atoms with Crippen LogP contribution in [0.1, 0.15) is 19.3 Å². The van der Waals surface area contributed by atoms with Gasteiger partial charge in [-0.05, 0) is 25.9 Å². The van der Waals surface area contributed by atoms with Crippen molar-refractivity contribution in [3.05, 3.63) is 0 Å². The molecule has 4 nitrogen and oxygen atoms in total. The molecule has 2 N–H and O–H groups in total. The number of piperidine rings is 1. The highest BCUT2D eigenvalue weighted by Gasteiger charge is 2.32. The average molecular weight is 197 g/mol. The average Bonchev–Trinajstić information content (AvgIpc) is 2.25. The fourth-order valence-electron chi connectivity index (χ4n) is 2.17. The van der Waals surface area contributed by atoms with Crippen molar-refractivity contribution in [2.45, 2.75) is 25.3 Å². The van der Waals surface area contributed by atoms with Gasteiger partial charge in [-0.2, -0.15) is 0 Å². The Morgan fingerprint density at radius 1 is 1.21 bits per heavy atom. The molecule has 14 heavy (non-hydrogen) atoms. The van der Waals surface area contributed by atoms with Gasteiger partial charge < -0.3 is 15.5 Å². The molecule has 0 spiro atoms. The summed E-state index contributed by atoms with van der Waals surface area (Å²) >= 11 is 0. The summed E-state index contributed by atoms with van der Waals surface area (Å²) in [6.07, 6.45) is 3.99. The summed E-state index contributed by atoms with van der Waals surface area (Å²) in [5.41, 5.74) is 5.52. The number of β-lactam (4-membered cyclic amide) rings is 1. The summed E-state index contributed by atoms with van der Waals surface area (Å²) in [5.74, 6) is 0.127. The van der Waals surface area contributed by atoms with E-state index in [4.69, 9.17) is 5.73 Å². The molecule has 0 saturated carbocycles. The van der Waals surface area contributed by atoms with E-state index in [2.05, 4.69) is 4.90 Å². The van der Waals surface area contributed by atoms with Gasteiger partial charge in [0.15, 0.2) is 0 Å². The minimum atomic E-state index is -0.212. The van der Waals surface area contributed by atoms with E-state index in [1.165, 1.54) is 32.4 Å². The van der Waals surface area contributed by atoms with Crippen LogP contribution in [0.25, 0.3) is 0 Å². The minimum absolute atomic E-state index is 0.127. The summed E-state index contributed by atoms with van der Waals surface area (Å²) in [7, 11) is 0. The van der Waals surface area contributed by atoms with Crippen molar-refractivity contribution >= 4 is 5.91 Å². The molecule has 0 aromatic heterocycles. The Labute approximate surface area is 85.0 Å². The summed E-state index contributed by atoms with van der Waals surface area (Å²) in [4.78, 5) is 15.5. The van der Waals surface area contributed by atoms with Crippen LogP contribution in [0, 0.1) is 0 Å². The molecule has 0 radical (unpaired) electrons. The quantitative estimate of drug-likeness (QED) is 0.629. The number of likely N-dealkylation sites (tertiary alicyclic amines) is 2. The third-order valence-electron chi connectivity index (χ3n) is 3.18. The molecule has 0 aromatic rings. The highest BCUT2D eigenvalue weighted by Crippen LogP contribution is 2.11. The molecule has 1 amide bonds. The maximum atomic E-state index is 11.2. The van der Waals surface area contributed by atoms with E-state index >= 15 is 0 Å². The first-order valence-corrected chi connectivity index (χ1v) is 5.54. The molecule has 1 atom stereocenters. The maximum Gasteiger partial charge on any atom is 0.241 e. The van der Waals surface area contributed by atoms with Gasteiger partial charge in [0.05, 0.1) is 0 Å². The van der Waals surface area contributed by atoms with Gasteiger partial charge in [0.1, 0.15) is 6.04 Å². The molecular weight excluding hydrogens is 178 g/mol. The van der Waals surface area contributed by atoms with Gasteiger partial charge >= 0.3 is 0 Å². The Morgan fingerprint density at radius 3 is 2.50 bits per heavy atom. The standard InChI is InChI=1S/C10H19N3O/c11-9-8-13(10(9)14)7-6-12-4-2-1-3-5-12/h9H,1-8,11H2. The van der Waals surface area contributed by atoms with Gasteiger partial charge in [0.25, 0.3) is 0 Å². The lowest BCUT2D eigenvalue weighted by molar-refractivity contribution is -0.142. The van der Waals surface area contributed by atoms with Gasteiger partial charge in [0, 0.05) is 19.6 Å². The van der Waals surface area contributed by atoms with E-state index in [9.17, 15) is 4.79 Å². The molecule has 2 heterocycles. The smallest absolute Gasteiger partial charge is 0.241 e. The SMILES string of the molecule is NC1CN(CCN2CCCCC2)C1=O. The lowest BCUT2D eigenvalue weighted by Crippen LogP contribution is -2.62. The van der Waals surface area contributed by atoms with E-state index in [1.54, 1.807) is 0 Å². The number of hydrogen-bond donors (Lipinski definition) is 1. The predicted molar refractivity (Wildman–Crippen MR) is 54.8 cm³/mol. The van der Waals surface area contributed by atoms with Crippen molar-refractivity contribution < 1.29 is 4.79 Å². The normalized spacial score (nSPS) is 29.1. The van der Waals surface area contributed by atoms with Crippen LogP contribution in [0.3, 0.4) is 0 Å². The predicted octanol–water partition coefficient (Wildman–Crippen LogP) is -0.358. The maximum absolute atomic E-state index is 11.2. The second kappa shape index (κ2) is 4.28. The molecule has 2 saturated heterocycles. The molecule has 2 aliphatic heterocycles. The number of amides is 1. The van der Waals surface area contributed by atoms with E-state index < -0.39 is 0 Å². The molecule has 0 aliphatic carbocycles. The van der Waals surface area contributed by atoms with Crippen LogP contribution in [0.15, 0.2) is 0 Å². The molecule has 0 bridgehead atoms. The topological polar surface area (TPSA) is 49.6 Å². The van der Waals surface area contributed by atoms with Crippen molar-refractivity contribution in [1.29, 1.82) is 0 Å². The van der Waals surface area contributed by atoms with Crippen LogP contribution in [-0.2, 0) is 4.79 Å². The van der Waals surface area contributed by atoms with Gasteiger partial charge in [-0.25, -0.2) is 0 Å². The first kappa shape index (κ1) is 9.93. The Balaban J connectivity index is 1.65. The number of hydrogen-bond acceptors (Lipinski definition) is 3. The largest absolute Gasteiger partial charge is 0.338 e. The van der Waals surface area contributed by atoms with Crippen molar-refractivity contribution in [3.63, 3.8) is 0 Å². The molecule has 1 unspecified atom stereocenters. The number of nitrogens with two attached hydrogens (primary N) is 1. The van der Waals surface area contributed by atoms with Crippen LogP contribution in [0.4, 0.5) is 0 Å². The number of rotatable bonds is 3. The van der Waals surface area contributed by atoms with Gasteiger partial charge in [-0.15, -0.1) is 0 Å². The zero-order valence-corrected chi connectivity index (χ0v) is 8.61. The Hall–Kier alpha value is -0.610. The van der Waals surface area contributed by atoms with Crippen molar-refractivity contribution in [2.75, 3.05) is 32.7 Å². The van der Waals surface area contributed by atoms with Gasteiger partial charge in [0.2, 0.25) is 5.91 Å². The van der Waals surface area contributed by atoms with Crippen molar-refractivity contribution in [1.82, 2.24) is 9.80 Å². The summed E-state index contributed by atoms with van der Waals surface area (Å²) in [5, 5.41) is 0. The molecule has 2 rings (SSSR count). The van der Waals surface area contributed by atoms with E-state index in [1.807, 2.05) is 4.90 Å². The Bertz CT molecular complexity index is 213. The fourth-order valence-corrected chi connectivity index (χ4v) is 2.17. The van der Waals surface area contributed by atoms with Crippen LogP contribution in [0.5, 0.6) is 0 Å². The van der Waals surface area contributed by atoms with E-state index in [0.717, 1.165) is 19.6 Å². The highest BCUT2D eigenvalue weighted by molar-refractivity contribution is 5.87. The van der Waals surface area contributed by atoms with Crippen LogP contribution < -0.4 is 5.73 Å². The molecular formula is C10H19N3O. The Kier molecular flexibility index (Phi) is 3.03. The van der Waals surface area contributed by atoms with Gasteiger partial charge in [-0.1, -0.05) is 6.42 Å². The lowest BCUT2D eigenvalue weighted by Gasteiger charge is -2.38. The molecule has 80 valence electrons. The van der Waals surface area contributed by atoms with E-state index in [0.29, 0.717) is 0 Å². The lowest BCUT2D eigenvalue weighted by atomic mass is 10.1. The number of carbonyl (C=O) groups is 1.